The van der Waals surface area contributed by atoms with Gasteiger partial charge in [-0.1, -0.05) is 0 Å². The first-order valence-corrected chi connectivity index (χ1v) is 13.6. The van der Waals surface area contributed by atoms with Gasteiger partial charge in [0.15, 0.2) is 0 Å². The Balaban J connectivity index is -0.000000135. The average Bonchev–Trinajstić information content (AvgIpc) is 2.77. The number of benzene rings is 2. The van der Waals surface area contributed by atoms with Crippen LogP contribution in [0.15, 0.2) is 48.5 Å². The molecule has 0 amide bonds. The zero-order valence-electron chi connectivity index (χ0n) is 22.6. The van der Waals surface area contributed by atoms with Crippen LogP contribution in [0.25, 0.3) is 0 Å². The van der Waals surface area contributed by atoms with Gasteiger partial charge in [0.25, 0.3) is 0 Å². The minimum absolute atomic E-state index is 0. The van der Waals surface area contributed by atoms with Gasteiger partial charge in [-0.3, -0.25) is 4.57 Å². The summed E-state index contributed by atoms with van der Waals surface area (Å²) in [6.45, 7) is 15.8. The molecule has 0 saturated heterocycles. The molecule has 0 spiro atoms. The van der Waals surface area contributed by atoms with E-state index in [4.69, 9.17) is 22.6 Å². The van der Waals surface area contributed by atoms with Gasteiger partial charge in [-0.2, -0.15) is 73.2 Å². The van der Waals surface area contributed by atoms with Crippen molar-refractivity contribution in [2.75, 3.05) is 33.0 Å². The van der Waals surface area contributed by atoms with Gasteiger partial charge in [-0.25, -0.2) is 0 Å². The molecule has 0 aliphatic heterocycles. The summed E-state index contributed by atoms with van der Waals surface area (Å²) >= 11 is 0. The van der Waals surface area contributed by atoms with E-state index >= 15 is 0 Å². The van der Waals surface area contributed by atoms with Crippen LogP contribution in [0.5, 0.6) is 0 Å². The molecule has 2 aromatic rings. The standard InChI is InChI=1S/C11H16O3P.C7H6.C6H15O3P.CH3.3Y/c1-3-13-15(12,14-4-2)10-11-8-6-5-7-9-11;1-7-5-3-2-4-6-7;1-4-7-10(8-5-2)9-6-3;;;;/h6-9H,3-4,10H2,1-2H3;3-6H,1H2;4-6H2,1-3H3;1H3;;;/q-1;-2;;-1;;;. The van der Waals surface area contributed by atoms with E-state index in [0.29, 0.717) is 39.2 Å². The summed E-state index contributed by atoms with van der Waals surface area (Å²) in [4.78, 5) is 0. The summed E-state index contributed by atoms with van der Waals surface area (Å²) in [6, 6.07) is 20.6. The molecule has 6 nitrogen and oxygen atoms in total. The van der Waals surface area contributed by atoms with Gasteiger partial charge in [0.05, 0.1) is 39.2 Å². The number of hydrogen-bond donors (Lipinski definition) is 0. The van der Waals surface area contributed by atoms with Crippen molar-refractivity contribution in [1.82, 2.24) is 0 Å². The fourth-order valence-electron chi connectivity index (χ4n) is 2.12. The SMILES string of the molecule is CCOP(=O)(Cc1cc[c-]cc1)OCC.CCOP(OCC)OCC.[CH2-]c1cc[c-]cc1.[CH3-].[Y].[Y].[Y]. The van der Waals surface area contributed by atoms with Gasteiger partial charge in [0.1, 0.15) is 0 Å². The molecule has 0 aliphatic rings. The van der Waals surface area contributed by atoms with E-state index in [1.807, 2.05) is 71.0 Å². The molecule has 0 unspecified atom stereocenters. The summed E-state index contributed by atoms with van der Waals surface area (Å²) in [5.74, 6) is 0. The van der Waals surface area contributed by atoms with E-state index in [9.17, 15) is 4.57 Å². The molecule has 36 heavy (non-hydrogen) atoms. The van der Waals surface area contributed by atoms with Crippen molar-refractivity contribution >= 4 is 16.2 Å². The molecule has 0 aliphatic carbocycles. The van der Waals surface area contributed by atoms with E-state index in [2.05, 4.69) is 19.1 Å². The second kappa shape index (κ2) is 33.3. The van der Waals surface area contributed by atoms with Crippen LogP contribution in [0, 0.1) is 26.5 Å². The van der Waals surface area contributed by atoms with Gasteiger partial charge in [0, 0.05) is 98.1 Å². The predicted molar refractivity (Wildman–Crippen MR) is 138 cm³/mol. The van der Waals surface area contributed by atoms with Crippen LogP contribution in [0.2, 0.25) is 0 Å². The molecule has 0 aromatic heterocycles. The van der Waals surface area contributed by atoms with Crippen LogP contribution in [-0.2, 0) is 131 Å². The van der Waals surface area contributed by atoms with Gasteiger partial charge < -0.3 is 30.0 Å². The minimum Gasteiger partial charge on any atom is -0.358 e. The first-order valence-electron chi connectivity index (χ1n) is 10.7. The second-order valence-corrected chi connectivity index (χ2v) is 9.17. The predicted octanol–water partition coefficient (Wildman–Crippen LogP) is 7.69. The van der Waals surface area contributed by atoms with Crippen LogP contribution in [0.3, 0.4) is 0 Å². The zero-order chi connectivity index (χ0) is 24.1. The summed E-state index contributed by atoms with van der Waals surface area (Å²) in [5, 5.41) is 0. The van der Waals surface area contributed by atoms with E-state index < -0.39 is 16.2 Å². The summed E-state index contributed by atoms with van der Waals surface area (Å²) in [6.07, 6.45) is 0.323. The molecule has 0 saturated carbocycles. The molecule has 11 heteroatoms. The number of hydrogen-bond acceptors (Lipinski definition) is 6. The van der Waals surface area contributed by atoms with Gasteiger partial charge in [-0.15, -0.1) is 5.56 Å². The zero-order valence-corrected chi connectivity index (χ0v) is 32.9. The maximum atomic E-state index is 12.1. The van der Waals surface area contributed by atoms with E-state index in [-0.39, 0.29) is 106 Å². The summed E-state index contributed by atoms with van der Waals surface area (Å²) in [7, 11) is -4.02. The van der Waals surface area contributed by atoms with Gasteiger partial charge in [0.2, 0.25) is 0 Å². The molecule has 0 atom stereocenters. The molecule has 199 valence electrons. The Morgan fingerprint density at radius 3 is 1.36 bits per heavy atom. The topological polar surface area (TPSA) is 63.2 Å². The van der Waals surface area contributed by atoms with Crippen molar-refractivity contribution in [3.05, 3.63) is 86.1 Å². The van der Waals surface area contributed by atoms with Gasteiger partial charge >= 0.3 is 16.2 Å². The fourth-order valence-corrected chi connectivity index (χ4v) is 4.68. The first-order chi connectivity index (χ1) is 15.4. The van der Waals surface area contributed by atoms with Crippen LogP contribution in [0.4, 0.5) is 0 Å². The van der Waals surface area contributed by atoms with E-state index in [0.717, 1.165) is 11.1 Å². The van der Waals surface area contributed by atoms with Crippen LogP contribution < -0.4 is 0 Å². The third-order valence-corrected chi connectivity index (χ3v) is 6.77. The molecular formula is C25H40O6P2Y3-4. The molecular weight excluding hydrogens is 725 g/mol. The minimum atomic E-state index is -2.96. The maximum absolute atomic E-state index is 12.1. The summed E-state index contributed by atoms with van der Waals surface area (Å²) < 4.78 is 38.0. The van der Waals surface area contributed by atoms with Crippen LogP contribution in [-0.4, -0.2) is 33.0 Å². The molecule has 3 radical (unpaired) electrons. The Morgan fingerprint density at radius 1 is 0.722 bits per heavy atom. The Bertz CT molecular complexity index is 691. The molecule has 0 heterocycles. The number of rotatable bonds is 12. The molecule has 2 rings (SSSR count). The Kier molecular flexibility index (Phi) is 44.2. The van der Waals surface area contributed by atoms with Crippen molar-refractivity contribution in [3.8, 4) is 0 Å². The van der Waals surface area contributed by atoms with Crippen molar-refractivity contribution in [2.45, 2.75) is 40.8 Å². The second-order valence-electron chi connectivity index (χ2n) is 5.90. The quantitative estimate of drug-likeness (QED) is 0.163. The third kappa shape index (κ3) is 27.6. The van der Waals surface area contributed by atoms with Crippen molar-refractivity contribution in [3.63, 3.8) is 0 Å². The Labute approximate surface area is 297 Å². The van der Waals surface area contributed by atoms with Crippen LogP contribution in [0.1, 0.15) is 45.7 Å². The van der Waals surface area contributed by atoms with Crippen molar-refractivity contribution in [2.24, 2.45) is 0 Å². The fraction of sp³-hybridized carbons (Fsp3) is 0.440. The van der Waals surface area contributed by atoms with E-state index in [1.54, 1.807) is 12.1 Å². The van der Waals surface area contributed by atoms with Gasteiger partial charge in [-0.05, 0) is 34.6 Å². The third-order valence-electron chi connectivity index (χ3n) is 3.31. The molecule has 0 fully saturated rings. The monoisotopic (exact) mass is 765 g/mol. The Morgan fingerprint density at radius 2 is 1.08 bits per heavy atom. The maximum Gasteiger partial charge on any atom is 0.332 e. The smallest absolute Gasteiger partial charge is 0.332 e. The normalized spacial score (nSPS) is 9.50. The molecule has 2 aromatic carbocycles. The molecule has 0 bridgehead atoms. The van der Waals surface area contributed by atoms with Crippen molar-refractivity contribution < 1.29 is 125 Å². The first kappa shape index (κ1) is 47.8. The Hall–Kier alpha value is 2.08. The summed E-state index contributed by atoms with van der Waals surface area (Å²) in [5.41, 5.74) is 1.98. The molecule has 0 N–H and O–H groups in total. The largest absolute Gasteiger partial charge is 0.358 e. The van der Waals surface area contributed by atoms with Crippen LogP contribution >= 0.6 is 16.2 Å². The van der Waals surface area contributed by atoms with E-state index in [1.165, 1.54) is 0 Å². The average molecular weight is 765 g/mol. The van der Waals surface area contributed by atoms with Crippen molar-refractivity contribution in [1.29, 1.82) is 0 Å².